The van der Waals surface area contributed by atoms with E-state index in [2.05, 4.69) is 29.6 Å². The second-order valence-electron chi connectivity index (χ2n) is 8.62. The van der Waals surface area contributed by atoms with E-state index in [4.69, 9.17) is 9.47 Å². The molecule has 2 aliphatic heterocycles. The van der Waals surface area contributed by atoms with Gasteiger partial charge in [0.2, 0.25) is 5.91 Å². The van der Waals surface area contributed by atoms with E-state index in [1.807, 2.05) is 18.7 Å². The Morgan fingerprint density at radius 1 is 1.16 bits per heavy atom. The van der Waals surface area contributed by atoms with E-state index in [-0.39, 0.29) is 23.0 Å². The molecule has 1 unspecified atom stereocenters. The van der Waals surface area contributed by atoms with Gasteiger partial charge in [0.1, 0.15) is 11.8 Å². The van der Waals surface area contributed by atoms with Crippen molar-refractivity contribution in [2.45, 2.75) is 63.2 Å². The molecule has 1 aromatic rings. The summed E-state index contributed by atoms with van der Waals surface area (Å²) in [6, 6.07) is 8.01. The lowest BCUT2D eigenvalue weighted by Crippen LogP contribution is -2.54. The summed E-state index contributed by atoms with van der Waals surface area (Å²) in [6.45, 7) is 4.95. The van der Waals surface area contributed by atoms with Crippen molar-refractivity contribution in [1.29, 1.82) is 0 Å². The fourth-order valence-corrected chi connectivity index (χ4v) is 7.32. The number of fused-ring (bicyclic) bond motifs is 1. The van der Waals surface area contributed by atoms with Gasteiger partial charge in [-0.3, -0.25) is 14.9 Å². The summed E-state index contributed by atoms with van der Waals surface area (Å²) >= 11 is 3.28. The second kappa shape index (κ2) is 11.4. The van der Waals surface area contributed by atoms with Crippen molar-refractivity contribution in [2.75, 3.05) is 30.7 Å². The van der Waals surface area contributed by atoms with E-state index in [1.54, 1.807) is 23.5 Å². The first kappa shape index (κ1) is 24.1. The van der Waals surface area contributed by atoms with E-state index >= 15 is 0 Å². The van der Waals surface area contributed by atoms with Crippen molar-refractivity contribution in [3.63, 3.8) is 0 Å². The highest BCUT2D eigenvalue weighted by molar-refractivity contribution is 8.01. The molecule has 1 aromatic carbocycles. The predicted octanol–water partition coefficient (Wildman–Crippen LogP) is 3.08. The van der Waals surface area contributed by atoms with Gasteiger partial charge in [-0.2, -0.15) is 0 Å². The van der Waals surface area contributed by atoms with Gasteiger partial charge < -0.3 is 14.4 Å². The van der Waals surface area contributed by atoms with Crippen LogP contribution in [0.3, 0.4) is 0 Å². The number of amides is 1. The number of ether oxygens (including phenoxy) is 2. The number of rotatable bonds is 10. The van der Waals surface area contributed by atoms with E-state index in [1.165, 1.54) is 11.1 Å². The van der Waals surface area contributed by atoms with E-state index in [0.29, 0.717) is 37.3 Å². The van der Waals surface area contributed by atoms with Gasteiger partial charge in [0, 0.05) is 31.3 Å². The Labute approximate surface area is 199 Å². The van der Waals surface area contributed by atoms with Crippen LogP contribution in [0.2, 0.25) is 0 Å². The molecule has 2 saturated heterocycles. The van der Waals surface area contributed by atoms with Crippen LogP contribution in [-0.4, -0.2) is 70.9 Å². The standard InChI is InChI=1S/C24H34N2O4S2/c1-3-29-24(30-4-2)19-13-31-15-26(19)23(28)21-22(32-14-25-21)20(27)10-9-16-11-17-7-5-6-8-18(17)12-16/h5-8,16,19,21-22,24-25H,3-4,9-15H2,1-2H3/t19-,21-,22?/m0/s1. The zero-order valence-electron chi connectivity index (χ0n) is 19.0. The number of Topliss-reactive ketones (excluding diaryl/α,β-unsaturated/α-hetero) is 1. The number of nitrogens with zero attached hydrogens (tertiary/aromatic N) is 1. The lowest BCUT2D eigenvalue weighted by Gasteiger charge is -2.32. The Hall–Kier alpha value is -1.06. The van der Waals surface area contributed by atoms with Crippen molar-refractivity contribution in [1.82, 2.24) is 10.2 Å². The highest BCUT2D eigenvalue weighted by Gasteiger charge is 2.45. The maximum atomic E-state index is 13.5. The molecule has 0 bridgehead atoms. The molecule has 32 heavy (non-hydrogen) atoms. The smallest absolute Gasteiger partial charge is 0.242 e. The molecule has 0 aromatic heterocycles. The number of nitrogens with one attached hydrogen (secondary N) is 1. The maximum Gasteiger partial charge on any atom is 0.242 e. The van der Waals surface area contributed by atoms with Crippen LogP contribution in [0.5, 0.6) is 0 Å². The molecule has 3 atom stereocenters. The molecule has 1 N–H and O–H groups in total. The van der Waals surface area contributed by atoms with Crippen LogP contribution in [0, 0.1) is 5.92 Å². The Kier molecular flexibility index (Phi) is 8.56. The molecule has 4 rings (SSSR count). The number of hydrogen-bond acceptors (Lipinski definition) is 7. The first-order valence-corrected chi connectivity index (χ1v) is 13.9. The van der Waals surface area contributed by atoms with Gasteiger partial charge in [-0.15, -0.1) is 23.5 Å². The Balaban J connectivity index is 1.34. The van der Waals surface area contributed by atoms with Crippen molar-refractivity contribution in [2.24, 2.45) is 5.92 Å². The van der Waals surface area contributed by atoms with Crippen molar-refractivity contribution < 1.29 is 19.1 Å². The van der Waals surface area contributed by atoms with Gasteiger partial charge in [-0.25, -0.2) is 0 Å². The van der Waals surface area contributed by atoms with E-state index in [9.17, 15) is 9.59 Å². The molecule has 0 saturated carbocycles. The van der Waals surface area contributed by atoms with Gasteiger partial charge in [0.25, 0.3) is 0 Å². The molecule has 1 aliphatic carbocycles. The quantitative estimate of drug-likeness (QED) is 0.518. The summed E-state index contributed by atoms with van der Waals surface area (Å²) < 4.78 is 11.6. The van der Waals surface area contributed by atoms with E-state index < -0.39 is 12.3 Å². The SMILES string of the molecule is CCOC(OCC)[C@@H]1CSCN1C(=O)[C@H]1NCSC1C(=O)CCC1Cc2ccccc2C1. The van der Waals surface area contributed by atoms with Crippen LogP contribution in [0.1, 0.15) is 37.8 Å². The molecule has 2 fully saturated rings. The summed E-state index contributed by atoms with van der Waals surface area (Å²) in [5, 5.41) is 2.98. The first-order valence-electron chi connectivity index (χ1n) is 11.7. The molecule has 0 radical (unpaired) electrons. The molecule has 3 aliphatic rings. The number of thioether (sulfide) groups is 2. The van der Waals surface area contributed by atoms with Crippen molar-refractivity contribution in [3.05, 3.63) is 35.4 Å². The first-order chi connectivity index (χ1) is 15.6. The predicted molar refractivity (Wildman–Crippen MR) is 130 cm³/mol. The van der Waals surface area contributed by atoms with E-state index in [0.717, 1.165) is 25.0 Å². The number of benzene rings is 1. The third-order valence-corrected chi connectivity index (χ3v) is 8.83. The lowest BCUT2D eigenvalue weighted by molar-refractivity contribution is -0.173. The minimum absolute atomic E-state index is 0.000952. The minimum Gasteiger partial charge on any atom is -0.351 e. The summed E-state index contributed by atoms with van der Waals surface area (Å²) in [7, 11) is 0. The Morgan fingerprint density at radius 2 is 1.84 bits per heavy atom. The number of carbonyl (C=O) groups excluding carboxylic acids is 2. The molecule has 1 amide bonds. The number of hydrogen-bond donors (Lipinski definition) is 1. The molecule has 0 spiro atoms. The number of carbonyl (C=O) groups is 2. The Morgan fingerprint density at radius 3 is 2.50 bits per heavy atom. The van der Waals surface area contributed by atoms with Gasteiger partial charge in [0.15, 0.2) is 6.29 Å². The summed E-state index contributed by atoms with van der Waals surface area (Å²) in [5.41, 5.74) is 2.84. The van der Waals surface area contributed by atoms with Gasteiger partial charge in [-0.1, -0.05) is 24.3 Å². The van der Waals surface area contributed by atoms with Crippen LogP contribution in [0.15, 0.2) is 24.3 Å². The third-order valence-electron chi connectivity index (χ3n) is 6.57. The largest absolute Gasteiger partial charge is 0.351 e. The molecule has 8 heteroatoms. The van der Waals surface area contributed by atoms with Gasteiger partial charge >= 0.3 is 0 Å². The van der Waals surface area contributed by atoms with Crippen molar-refractivity contribution >= 4 is 35.2 Å². The van der Waals surface area contributed by atoms with Crippen LogP contribution in [0.4, 0.5) is 0 Å². The van der Waals surface area contributed by atoms with Gasteiger partial charge in [-0.05, 0) is 50.2 Å². The van der Waals surface area contributed by atoms with Crippen LogP contribution in [-0.2, 0) is 31.9 Å². The highest BCUT2D eigenvalue weighted by atomic mass is 32.2. The average Bonchev–Trinajstić information content (AvgIpc) is 3.55. The normalized spacial score (nSPS) is 25.6. The van der Waals surface area contributed by atoms with Gasteiger partial charge in [0.05, 0.1) is 17.2 Å². The Bertz CT molecular complexity index is 777. The third kappa shape index (κ3) is 5.36. The summed E-state index contributed by atoms with van der Waals surface area (Å²) in [6.07, 6.45) is 3.14. The topological polar surface area (TPSA) is 67.9 Å². The highest BCUT2D eigenvalue weighted by Crippen LogP contribution is 2.33. The maximum absolute atomic E-state index is 13.5. The molecule has 2 heterocycles. The fraction of sp³-hybridized carbons (Fsp3) is 0.667. The molecule has 176 valence electrons. The summed E-state index contributed by atoms with van der Waals surface area (Å²) in [5.74, 6) is 2.77. The summed E-state index contributed by atoms with van der Waals surface area (Å²) in [4.78, 5) is 28.5. The second-order valence-corrected chi connectivity index (χ2v) is 10.7. The van der Waals surface area contributed by atoms with Crippen LogP contribution < -0.4 is 5.32 Å². The van der Waals surface area contributed by atoms with Crippen molar-refractivity contribution in [3.8, 4) is 0 Å². The molecular weight excluding hydrogens is 444 g/mol. The zero-order valence-corrected chi connectivity index (χ0v) is 20.6. The molecular formula is C24H34N2O4S2. The monoisotopic (exact) mass is 478 g/mol. The lowest BCUT2D eigenvalue weighted by atomic mass is 9.96. The van der Waals surface area contributed by atoms with Crippen LogP contribution in [0.25, 0.3) is 0 Å². The fourth-order valence-electron chi connectivity index (χ4n) is 4.96. The number of ketones is 1. The minimum atomic E-state index is -0.460. The molecule has 6 nitrogen and oxygen atoms in total. The zero-order chi connectivity index (χ0) is 22.5. The van der Waals surface area contributed by atoms with Crippen LogP contribution >= 0.6 is 23.5 Å². The average molecular weight is 479 g/mol.